The van der Waals surface area contributed by atoms with Crippen molar-refractivity contribution >= 4 is 11.9 Å². The summed E-state index contributed by atoms with van der Waals surface area (Å²) in [6.07, 6.45) is 11.3. The normalized spacial score (nSPS) is 20.2. The molecule has 0 aromatic carbocycles. The van der Waals surface area contributed by atoms with Crippen LogP contribution in [0.1, 0.15) is 77.6 Å². The smallest absolute Gasteiger partial charge is 0.317 e. The SMILES string of the molecule is CCCCCCCCCCOCC1CCC(CC(C(=O)O)C(=O)O)O1. The molecule has 6 heteroatoms. The number of carboxylic acid groups (broad SMARTS) is 2. The molecule has 1 fully saturated rings. The third-order valence-electron chi connectivity index (χ3n) is 4.74. The molecular weight excluding hydrogens is 324 g/mol. The lowest BCUT2D eigenvalue weighted by Crippen LogP contribution is -2.28. The lowest BCUT2D eigenvalue weighted by Gasteiger charge is -2.16. The van der Waals surface area contributed by atoms with Crippen LogP contribution < -0.4 is 0 Å². The summed E-state index contributed by atoms with van der Waals surface area (Å²) in [4.78, 5) is 21.8. The van der Waals surface area contributed by atoms with E-state index in [4.69, 9.17) is 19.7 Å². The molecule has 0 aromatic rings. The van der Waals surface area contributed by atoms with Crippen molar-refractivity contribution in [3.05, 3.63) is 0 Å². The summed E-state index contributed by atoms with van der Waals surface area (Å²) >= 11 is 0. The Balaban J connectivity index is 2.01. The molecule has 1 saturated heterocycles. The molecule has 0 bridgehead atoms. The second-order valence-electron chi connectivity index (χ2n) is 6.97. The summed E-state index contributed by atoms with van der Waals surface area (Å²) in [5.74, 6) is -3.99. The third kappa shape index (κ3) is 9.80. The van der Waals surface area contributed by atoms with Gasteiger partial charge >= 0.3 is 11.9 Å². The van der Waals surface area contributed by atoms with Gasteiger partial charge in [-0.15, -0.1) is 0 Å². The van der Waals surface area contributed by atoms with Crippen LogP contribution in [0.25, 0.3) is 0 Å². The van der Waals surface area contributed by atoms with E-state index in [0.29, 0.717) is 13.0 Å². The minimum atomic E-state index is -1.39. The predicted molar refractivity (Wildman–Crippen MR) is 94.7 cm³/mol. The van der Waals surface area contributed by atoms with Gasteiger partial charge in [0, 0.05) is 6.61 Å². The second kappa shape index (κ2) is 13.1. The van der Waals surface area contributed by atoms with Gasteiger partial charge in [-0.2, -0.15) is 0 Å². The topological polar surface area (TPSA) is 93.1 Å². The van der Waals surface area contributed by atoms with Crippen LogP contribution in [-0.2, 0) is 19.1 Å². The number of rotatable bonds is 15. The first kappa shape index (κ1) is 21.9. The number of carbonyl (C=O) groups is 2. The number of hydrogen-bond acceptors (Lipinski definition) is 4. The van der Waals surface area contributed by atoms with Crippen molar-refractivity contribution in [1.29, 1.82) is 0 Å². The molecule has 1 aliphatic heterocycles. The maximum Gasteiger partial charge on any atom is 0.317 e. The summed E-state index contributed by atoms with van der Waals surface area (Å²) in [5, 5.41) is 17.8. The van der Waals surface area contributed by atoms with Gasteiger partial charge in [-0.25, -0.2) is 0 Å². The number of hydrogen-bond donors (Lipinski definition) is 2. The summed E-state index contributed by atoms with van der Waals surface area (Å²) in [7, 11) is 0. The van der Waals surface area contributed by atoms with Crippen LogP contribution in [0.3, 0.4) is 0 Å². The van der Waals surface area contributed by atoms with Crippen molar-refractivity contribution in [3.63, 3.8) is 0 Å². The molecule has 146 valence electrons. The Kier molecular flexibility index (Phi) is 11.5. The molecule has 1 rings (SSSR count). The largest absolute Gasteiger partial charge is 0.481 e. The van der Waals surface area contributed by atoms with Crippen LogP contribution in [0.5, 0.6) is 0 Å². The number of aliphatic carboxylic acids is 2. The number of ether oxygens (including phenoxy) is 2. The Morgan fingerprint density at radius 1 is 0.960 bits per heavy atom. The Morgan fingerprint density at radius 2 is 1.52 bits per heavy atom. The Hall–Kier alpha value is -1.14. The molecule has 0 aromatic heterocycles. The van der Waals surface area contributed by atoms with Crippen LogP contribution in [0.15, 0.2) is 0 Å². The zero-order chi connectivity index (χ0) is 18.5. The Bertz CT molecular complexity index is 370. The predicted octanol–water partition coefficient (Wildman–Crippen LogP) is 3.87. The van der Waals surface area contributed by atoms with Crippen molar-refractivity contribution in [2.24, 2.45) is 5.92 Å². The molecule has 0 spiro atoms. The van der Waals surface area contributed by atoms with E-state index in [0.717, 1.165) is 19.4 Å². The summed E-state index contributed by atoms with van der Waals surface area (Å²) in [6.45, 7) is 3.47. The molecule has 1 heterocycles. The molecular formula is C19H34O6. The van der Waals surface area contributed by atoms with Gasteiger partial charge in [0.1, 0.15) is 0 Å². The molecule has 2 unspecified atom stereocenters. The second-order valence-corrected chi connectivity index (χ2v) is 6.97. The van der Waals surface area contributed by atoms with Gasteiger partial charge in [-0.3, -0.25) is 9.59 Å². The molecule has 0 amide bonds. The average Bonchev–Trinajstić information content (AvgIpc) is 3.01. The van der Waals surface area contributed by atoms with Crippen LogP contribution in [-0.4, -0.2) is 47.6 Å². The van der Waals surface area contributed by atoms with E-state index in [9.17, 15) is 9.59 Å². The Labute approximate surface area is 150 Å². The standard InChI is InChI=1S/C19H34O6/c1-2-3-4-5-6-7-8-9-12-24-14-16-11-10-15(25-16)13-17(18(20)21)19(22)23/h15-17H,2-14H2,1H3,(H,20,21)(H,22,23). The molecule has 2 N–H and O–H groups in total. The van der Waals surface area contributed by atoms with Gasteiger partial charge in [0.15, 0.2) is 5.92 Å². The first-order valence-corrected chi connectivity index (χ1v) is 9.73. The highest BCUT2D eigenvalue weighted by Gasteiger charge is 2.33. The van der Waals surface area contributed by atoms with Crippen LogP contribution in [0.4, 0.5) is 0 Å². The van der Waals surface area contributed by atoms with Crippen molar-refractivity contribution in [3.8, 4) is 0 Å². The van der Waals surface area contributed by atoms with Gasteiger partial charge in [0.2, 0.25) is 0 Å². The van der Waals surface area contributed by atoms with Gasteiger partial charge in [-0.05, 0) is 25.7 Å². The molecule has 0 saturated carbocycles. The number of carboxylic acids is 2. The Morgan fingerprint density at radius 3 is 2.12 bits per heavy atom. The lowest BCUT2D eigenvalue weighted by molar-refractivity contribution is -0.156. The summed E-state index contributed by atoms with van der Waals surface area (Å²) in [5.41, 5.74) is 0. The van der Waals surface area contributed by atoms with E-state index in [1.54, 1.807) is 0 Å². The fraction of sp³-hybridized carbons (Fsp3) is 0.895. The molecule has 1 aliphatic rings. The molecule has 25 heavy (non-hydrogen) atoms. The van der Waals surface area contributed by atoms with E-state index < -0.39 is 17.9 Å². The van der Waals surface area contributed by atoms with E-state index in [1.165, 1.54) is 44.9 Å². The van der Waals surface area contributed by atoms with Crippen LogP contribution in [0.2, 0.25) is 0 Å². The highest BCUT2D eigenvalue weighted by Crippen LogP contribution is 2.25. The van der Waals surface area contributed by atoms with Gasteiger partial charge in [-0.1, -0.05) is 51.9 Å². The van der Waals surface area contributed by atoms with Crippen molar-refractivity contribution in [2.75, 3.05) is 13.2 Å². The molecule has 0 radical (unpaired) electrons. The zero-order valence-corrected chi connectivity index (χ0v) is 15.5. The van der Waals surface area contributed by atoms with Gasteiger partial charge in [0.05, 0.1) is 18.8 Å². The highest BCUT2D eigenvalue weighted by atomic mass is 16.5. The average molecular weight is 358 g/mol. The zero-order valence-electron chi connectivity index (χ0n) is 15.5. The minimum absolute atomic E-state index is 0.0270. The van der Waals surface area contributed by atoms with E-state index >= 15 is 0 Å². The van der Waals surface area contributed by atoms with Gasteiger partial charge in [0.25, 0.3) is 0 Å². The number of unbranched alkanes of at least 4 members (excludes halogenated alkanes) is 7. The van der Waals surface area contributed by atoms with Gasteiger partial charge < -0.3 is 19.7 Å². The monoisotopic (exact) mass is 358 g/mol. The fourth-order valence-corrected chi connectivity index (χ4v) is 3.20. The van der Waals surface area contributed by atoms with Crippen LogP contribution in [0, 0.1) is 5.92 Å². The maximum atomic E-state index is 10.9. The van der Waals surface area contributed by atoms with Crippen LogP contribution >= 0.6 is 0 Å². The lowest BCUT2D eigenvalue weighted by atomic mass is 10.00. The summed E-state index contributed by atoms with van der Waals surface area (Å²) < 4.78 is 11.4. The van der Waals surface area contributed by atoms with Crippen molar-refractivity contribution in [2.45, 2.75) is 89.8 Å². The molecule has 0 aliphatic carbocycles. The van der Waals surface area contributed by atoms with E-state index in [2.05, 4.69) is 6.92 Å². The summed E-state index contributed by atoms with van der Waals surface area (Å²) in [6, 6.07) is 0. The quantitative estimate of drug-likeness (QED) is 0.341. The van der Waals surface area contributed by atoms with E-state index in [-0.39, 0.29) is 18.6 Å². The van der Waals surface area contributed by atoms with E-state index in [1.807, 2.05) is 0 Å². The first-order chi connectivity index (χ1) is 12.0. The highest BCUT2D eigenvalue weighted by molar-refractivity contribution is 5.92. The third-order valence-corrected chi connectivity index (χ3v) is 4.74. The fourth-order valence-electron chi connectivity index (χ4n) is 3.20. The minimum Gasteiger partial charge on any atom is -0.481 e. The molecule has 2 atom stereocenters. The maximum absolute atomic E-state index is 10.9. The first-order valence-electron chi connectivity index (χ1n) is 9.73. The van der Waals surface area contributed by atoms with Crippen molar-refractivity contribution in [1.82, 2.24) is 0 Å². The van der Waals surface area contributed by atoms with Crippen molar-refractivity contribution < 1.29 is 29.3 Å². The molecule has 6 nitrogen and oxygen atoms in total.